The van der Waals surface area contributed by atoms with Gasteiger partial charge in [-0.15, -0.1) is 5.10 Å². The van der Waals surface area contributed by atoms with E-state index in [9.17, 15) is 19.7 Å². The first-order valence-electron chi connectivity index (χ1n) is 16.5. The molecule has 0 radical (unpaired) electrons. The molecule has 4 N–H and O–H groups in total. The number of nitrogens with zero attached hydrogens (tertiary/aromatic N) is 5. The molecule has 2 fully saturated rings. The number of hydrogen-bond donors (Lipinski definition) is 4. The number of hydrogen-bond acceptors (Lipinski definition) is 10. The van der Waals surface area contributed by atoms with Gasteiger partial charge in [0.05, 0.1) is 34.9 Å². The minimum atomic E-state index is -4.05. The number of halogens is 1. The summed E-state index contributed by atoms with van der Waals surface area (Å²) in [5.41, 5.74) is -2.09. The Morgan fingerprint density at radius 2 is 2.19 bits per heavy atom. The average Bonchev–Trinajstić information content (AvgIpc) is 3.40. The fraction of sp³-hybridized carbons (Fsp3) is 0.583. The van der Waals surface area contributed by atoms with Gasteiger partial charge in [-0.3, -0.25) is 0 Å². The Kier molecular flexibility index (Phi) is 4.43. The highest BCUT2D eigenvalue weighted by molar-refractivity contribution is 7.99. The third-order valence-electron chi connectivity index (χ3n) is 5.54. The molecular weight excluding hydrogens is 487 g/mol. The van der Waals surface area contributed by atoms with Crippen LogP contribution in [-0.4, -0.2) is 83.4 Å². The molecule has 0 unspecified atom stereocenters. The van der Waals surface area contributed by atoms with Gasteiger partial charge in [0.25, 0.3) is 0 Å². The van der Waals surface area contributed by atoms with Gasteiger partial charge in [-0.2, -0.15) is 0 Å². The van der Waals surface area contributed by atoms with Crippen molar-refractivity contribution in [3.63, 3.8) is 0 Å². The quantitative estimate of drug-likeness (QED) is 0.228. The Balaban J connectivity index is 1.67. The monoisotopic (exact) mass is 529 g/mol. The van der Waals surface area contributed by atoms with Crippen molar-refractivity contribution in [1.29, 1.82) is 0 Å². The predicted octanol–water partition coefficient (Wildman–Crippen LogP) is 2.18. The zero-order chi connectivity index (χ0) is 35.4. The molecule has 2 heterocycles. The zero-order valence-electron chi connectivity index (χ0n) is 30.2. The van der Waals surface area contributed by atoms with E-state index in [1.807, 2.05) is 0 Å². The molecule has 5 rings (SSSR count). The number of aromatic nitrogens is 5. The van der Waals surface area contributed by atoms with Gasteiger partial charge in [0.2, 0.25) is 0 Å². The molecule has 3 aromatic rings. The number of fused-ring (bicyclic) bond motifs is 1. The normalized spacial score (nSPS) is 44.5. The largest absolute Gasteiger partial charge is 0.394 e. The minimum absolute atomic E-state index is 0.0386. The number of aliphatic hydroxyl groups is 3. The lowest BCUT2D eigenvalue weighted by atomic mass is 10.1. The van der Waals surface area contributed by atoms with E-state index in [0.29, 0.717) is 22.9 Å². The van der Waals surface area contributed by atoms with Crippen LogP contribution in [0.3, 0.4) is 0 Å². The van der Waals surface area contributed by atoms with E-state index in [1.54, 1.807) is 19.1 Å². The number of rotatable bonds is 10. The summed E-state index contributed by atoms with van der Waals surface area (Å²) in [5.74, 6) is -1.29. The van der Waals surface area contributed by atoms with Crippen molar-refractivity contribution >= 4 is 28.7 Å². The van der Waals surface area contributed by atoms with Gasteiger partial charge >= 0.3 is 0 Å². The van der Waals surface area contributed by atoms with Crippen LogP contribution in [0.2, 0.25) is 0 Å². The molecule has 0 spiro atoms. The van der Waals surface area contributed by atoms with Crippen molar-refractivity contribution in [2.24, 2.45) is 0 Å². The molecule has 6 atom stereocenters. The molecule has 36 heavy (non-hydrogen) atoms. The molecule has 0 bridgehead atoms. The summed E-state index contributed by atoms with van der Waals surface area (Å²) in [6.45, 7) is -1.61. The molecule has 2 aliphatic carbocycles. The van der Waals surface area contributed by atoms with E-state index in [2.05, 4.69) is 25.6 Å². The number of anilines is 1. The van der Waals surface area contributed by atoms with Gasteiger partial charge in [0.1, 0.15) is 18.0 Å². The summed E-state index contributed by atoms with van der Waals surface area (Å²) in [5, 5.41) is 41.7. The number of thioether (sulfide) groups is 1. The fourth-order valence-electron chi connectivity index (χ4n) is 3.62. The van der Waals surface area contributed by atoms with Crippen molar-refractivity contribution in [2.75, 3.05) is 24.2 Å². The number of aryl methyl sites for hydroxylation is 1. The van der Waals surface area contributed by atoms with Crippen LogP contribution in [0.25, 0.3) is 11.2 Å². The zero-order valence-corrected chi connectivity index (χ0v) is 20.0. The van der Waals surface area contributed by atoms with Gasteiger partial charge in [-0.05, 0) is 37.0 Å². The van der Waals surface area contributed by atoms with Crippen molar-refractivity contribution < 1.29 is 39.5 Å². The Labute approximate surface area is 227 Å². The molecule has 1 aromatic carbocycles. The second-order valence-electron chi connectivity index (χ2n) is 7.99. The van der Waals surface area contributed by atoms with Crippen molar-refractivity contribution in [3.05, 3.63) is 35.1 Å². The van der Waals surface area contributed by atoms with Crippen LogP contribution in [0.15, 0.2) is 23.4 Å². The summed E-state index contributed by atoms with van der Waals surface area (Å²) >= 11 is 0.495. The van der Waals surface area contributed by atoms with Crippen LogP contribution < -0.4 is 5.32 Å². The topological polar surface area (TPSA) is 138 Å². The van der Waals surface area contributed by atoms with E-state index >= 15 is 0 Å². The highest BCUT2D eigenvalue weighted by Crippen LogP contribution is 2.44. The summed E-state index contributed by atoms with van der Waals surface area (Å²) in [6.07, 6.45) is -15.6. The van der Waals surface area contributed by atoms with Gasteiger partial charge in [-0.1, -0.05) is 36.0 Å². The van der Waals surface area contributed by atoms with E-state index in [4.69, 9.17) is 19.8 Å². The summed E-state index contributed by atoms with van der Waals surface area (Å²) < 4.78 is 111. The third-order valence-corrected chi connectivity index (χ3v) is 6.34. The molecule has 2 aliphatic rings. The van der Waals surface area contributed by atoms with Gasteiger partial charge in [-0.25, -0.2) is 19.0 Å². The van der Waals surface area contributed by atoms with Gasteiger partial charge in [0, 0.05) is 29.5 Å². The fourth-order valence-corrected chi connectivity index (χ4v) is 4.16. The first-order valence-corrected chi connectivity index (χ1v) is 11.8. The van der Waals surface area contributed by atoms with Gasteiger partial charge in [0.15, 0.2) is 22.1 Å². The number of benzene rings is 1. The lowest BCUT2D eigenvalue weighted by Gasteiger charge is -2.17. The minimum Gasteiger partial charge on any atom is -0.394 e. The lowest BCUT2D eigenvalue weighted by Crippen LogP contribution is -2.33. The molecule has 194 valence electrons. The van der Waals surface area contributed by atoms with Crippen LogP contribution in [0.5, 0.6) is 0 Å². The molecule has 2 aromatic heterocycles. The van der Waals surface area contributed by atoms with Crippen molar-refractivity contribution in [1.82, 2.24) is 25.0 Å². The standard InChI is InChI=1S/C24H31FN6O4S/c1-3-8-36-24-27-22(26-16-10-14(16)13-5-4-12(2)15(25)9-13)19-23(28-24)31(30-29-19)17-11-18(35-7-6-32)21(34)20(17)33/h4-5,9,14,16-18,20-21,32-34H,3,6-8,10-11H2,1-2H3,(H,26,27,28)/t14-,16+,17+,18-,20-,21+/m0/s1/i6D2,8D2,11D2,16D,17D,18D,20D,21D. The van der Waals surface area contributed by atoms with E-state index in [-0.39, 0.29) is 34.0 Å². The van der Waals surface area contributed by atoms with Crippen LogP contribution >= 0.6 is 11.8 Å². The van der Waals surface area contributed by atoms with Crippen molar-refractivity contribution in [2.45, 2.75) is 74.4 Å². The molecule has 2 saturated carbocycles. The Morgan fingerprint density at radius 3 is 2.94 bits per heavy atom. The molecule has 10 nitrogen and oxygen atoms in total. The van der Waals surface area contributed by atoms with Crippen LogP contribution in [-0.2, 0) is 4.74 Å². The highest BCUT2D eigenvalue weighted by atomic mass is 32.2. The van der Waals surface area contributed by atoms with Gasteiger partial charge < -0.3 is 25.4 Å². The second kappa shape index (κ2) is 10.5. The summed E-state index contributed by atoms with van der Waals surface area (Å²) in [7, 11) is 0. The Morgan fingerprint density at radius 1 is 1.36 bits per heavy atom. The van der Waals surface area contributed by atoms with E-state index in [1.165, 1.54) is 13.0 Å². The maximum atomic E-state index is 14.3. The highest BCUT2D eigenvalue weighted by Gasteiger charge is 2.45. The maximum absolute atomic E-state index is 14.3. The first kappa shape index (κ1) is 15.1. The molecule has 0 aliphatic heterocycles. The molecule has 0 amide bonds. The third kappa shape index (κ3) is 4.92. The van der Waals surface area contributed by atoms with Crippen LogP contribution in [0.1, 0.15) is 64.3 Å². The summed E-state index contributed by atoms with van der Waals surface area (Å²) in [6, 6.07) is -0.717. The Hall–Kier alpha value is -2.38. The molecular formula is C24H31FN6O4S. The second-order valence-corrected chi connectivity index (χ2v) is 8.85. The maximum Gasteiger partial charge on any atom is 0.191 e. The lowest BCUT2D eigenvalue weighted by molar-refractivity contribution is -0.0629. The van der Waals surface area contributed by atoms with E-state index in [0.717, 1.165) is 0 Å². The SMILES string of the molecule is [2H]C([2H])(O)CO[C@@]1([2H])C([2H])([2H])[C@@]([2H])(n2nnc3c(N[C@]4([2H])C[C@H]4c4ccc(C)c(F)c4)nc(SC([2H])([2H])CC)nc32)[C@]([2H])(O)[C@]1([2H])O. The van der Waals surface area contributed by atoms with E-state index < -0.39 is 72.9 Å². The first-order chi connectivity index (χ1) is 21.3. The number of ether oxygens (including phenoxy) is 1. The average molecular weight is 530 g/mol. The van der Waals surface area contributed by atoms with Crippen molar-refractivity contribution in [3.8, 4) is 0 Å². The van der Waals surface area contributed by atoms with Crippen LogP contribution in [0, 0.1) is 12.7 Å². The smallest absolute Gasteiger partial charge is 0.191 e. The Bertz CT molecular complexity index is 1730. The number of nitrogens with one attached hydrogen (secondary N) is 1. The molecule has 12 heteroatoms. The predicted molar refractivity (Wildman–Crippen MR) is 133 cm³/mol. The molecule has 0 saturated heterocycles. The summed E-state index contributed by atoms with van der Waals surface area (Å²) in [4.78, 5) is 8.43. The van der Waals surface area contributed by atoms with Crippen LogP contribution in [0.4, 0.5) is 10.2 Å².